The van der Waals surface area contributed by atoms with E-state index in [0.717, 1.165) is 17.0 Å². The second kappa shape index (κ2) is 6.44. The van der Waals surface area contributed by atoms with E-state index < -0.39 is 21.8 Å². The zero-order valence-corrected chi connectivity index (χ0v) is 14.9. The molecule has 0 spiro atoms. The van der Waals surface area contributed by atoms with E-state index in [2.05, 4.69) is 4.98 Å². The largest absolute Gasteiger partial charge is 0.450 e. The van der Waals surface area contributed by atoms with Gasteiger partial charge < -0.3 is 0 Å². The van der Waals surface area contributed by atoms with E-state index in [1.807, 2.05) is 0 Å². The number of imidazole rings is 1. The number of alkyl halides is 3. The first-order valence-electron chi connectivity index (χ1n) is 7.29. The molecule has 0 aliphatic carbocycles. The minimum Gasteiger partial charge on any atom is -0.289 e. The molecule has 9 heteroatoms. The molecule has 0 amide bonds. The summed E-state index contributed by atoms with van der Waals surface area (Å²) in [6, 6.07) is 11.5. The lowest BCUT2D eigenvalue weighted by molar-refractivity contribution is -0.145. The van der Waals surface area contributed by atoms with E-state index in [4.69, 9.17) is 11.6 Å². The van der Waals surface area contributed by atoms with Crippen LogP contribution >= 0.6 is 11.6 Å². The Morgan fingerprint density at radius 3 is 2.27 bits per heavy atom. The summed E-state index contributed by atoms with van der Waals surface area (Å²) in [6.07, 6.45) is -2.55. The topological polar surface area (TPSA) is 52.0 Å². The SMILES string of the molecule is CS(=O)(=O)c1ccc(-n2c(-c3cccc(Cl)c3)cnc2C(F)(F)F)cc1. The zero-order chi connectivity index (χ0) is 19.1. The van der Waals surface area contributed by atoms with Crippen LogP contribution in [-0.2, 0) is 16.0 Å². The van der Waals surface area contributed by atoms with Crippen molar-refractivity contribution < 1.29 is 21.6 Å². The van der Waals surface area contributed by atoms with Gasteiger partial charge in [-0.05, 0) is 36.4 Å². The predicted octanol–water partition coefficient (Wildman–Crippen LogP) is 4.62. The van der Waals surface area contributed by atoms with Gasteiger partial charge in [0.15, 0.2) is 9.84 Å². The molecule has 1 heterocycles. The van der Waals surface area contributed by atoms with E-state index in [1.165, 1.54) is 30.3 Å². The lowest BCUT2D eigenvalue weighted by Gasteiger charge is -2.14. The summed E-state index contributed by atoms with van der Waals surface area (Å²) < 4.78 is 64.3. The Balaban J connectivity index is 2.23. The molecule has 26 heavy (non-hydrogen) atoms. The fraction of sp³-hybridized carbons (Fsp3) is 0.118. The molecule has 136 valence electrons. The molecule has 0 unspecified atom stereocenters. The summed E-state index contributed by atoms with van der Waals surface area (Å²) in [5, 5.41) is 0.372. The van der Waals surface area contributed by atoms with E-state index >= 15 is 0 Å². The molecular formula is C17H12ClF3N2O2S. The van der Waals surface area contributed by atoms with Crippen molar-refractivity contribution in [3.63, 3.8) is 0 Å². The van der Waals surface area contributed by atoms with Gasteiger partial charge >= 0.3 is 6.18 Å². The van der Waals surface area contributed by atoms with E-state index in [1.54, 1.807) is 18.2 Å². The van der Waals surface area contributed by atoms with Crippen molar-refractivity contribution in [1.82, 2.24) is 9.55 Å². The maximum absolute atomic E-state index is 13.4. The van der Waals surface area contributed by atoms with Crippen molar-refractivity contribution in [1.29, 1.82) is 0 Å². The normalized spacial score (nSPS) is 12.3. The minimum absolute atomic E-state index is 0.0132. The van der Waals surface area contributed by atoms with Crippen LogP contribution in [0.3, 0.4) is 0 Å². The molecule has 0 saturated heterocycles. The molecule has 3 rings (SSSR count). The highest BCUT2D eigenvalue weighted by molar-refractivity contribution is 7.90. The van der Waals surface area contributed by atoms with Crippen LogP contribution in [0, 0.1) is 0 Å². The number of hydrogen-bond acceptors (Lipinski definition) is 3. The molecule has 0 radical (unpaired) electrons. The van der Waals surface area contributed by atoms with E-state index in [9.17, 15) is 21.6 Å². The molecule has 0 N–H and O–H groups in total. The molecule has 0 aliphatic heterocycles. The number of benzene rings is 2. The number of sulfone groups is 1. The van der Waals surface area contributed by atoms with Crippen molar-refractivity contribution in [3.8, 4) is 16.9 Å². The van der Waals surface area contributed by atoms with Crippen LogP contribution in [0.5, 0.6) is 0 Å². The van der Waals surface area contributed by atoms with Gasteiger partial charge in [-0.15, -0.1) is 0 Å². The van der Waals surface area contributed by atoms with Crippen molar-refractivity contribution in [2.24, 2.45) is 0 Å². The van der Waals surface area contributed by atoms with Crippen LogP contribution in [0.1, 0.15) is 5.82 Å². The molecule has 0 atom stereocenters. The Hall–Kier alpha value is -2.32. The van der Waals surface area contributed by atoms with Gasteiger partial charge in [-0.3, -0.25) is 4.57 Å². The summed E-state index contributed by atoms with van der Waals surface area (Å²) in [4.78, 5) is 3.53. The van der Waals surface area contributed by atoms with Crippen molar-refractivity contribution in [3.05, 3.63) is 65.6 Å². The predicted molar refractivity (Wildman–Crippen MR) is 92.1 cm³/mol. The van der Waals surface area contributed by atoms with Crippen molar-refractivity contribution in [2.45, 2.75) is 11.1 Å². The van der Waals surface area contributed by atoms with Crippen LogP contribution in [0.2, 0.25) is 5.02 Å². The van der Waals surface area contributed by atoms with Gasteiger partial charge in [-0.2, -0.15) is 13.2 Å². The van der Waals surface area contributed by atoms with Crippen LogP contribution < -0.4 is 0 Å². The quantitative estimate of drug-likeness (QED) is 0.645. The fourth-order valence-electron chi connectivity index (χ4n) is 2.51. The van der Waals surface area contributed by atoms with Crippen LogP contribution in [0.25, 0.3) is 16.9 Å². The summed E-state index contributed by atoms with van der Waals surface area (Å²) in [7, 11) is -3.46. The number of aromatic nitrogens is 2. The Bertz CT molecular complexity index is 1060. The van der Waals surface area contributed by atoms with Crippen LogP contribution in [0.4, 0.5) is 13.2 Å². The average molecular weight is 401 g/mol. The van der Waals surface area contributed by atoms with Gasteiger partial charge in [0.1, 0.15) is 0 Å². The Labute approximate surface area is 152 Å². The molecule has 0 bridgehead atoms. The third-order valence-corrected chi connectivity index (χ3v) is 5.02. The lowest BCUT2D eigenvalue weighted by atomic mass is 10.1. The summed E-state index contributed by atoms with van der Waals surface area (Å²) in [6.45, 7) is 0. The highest BCUT2D eigenvalue weighted by Crippen LogP contribution is 2.35. The monoisotopic (exact) mass is 400 g/mol. The molecule has 1 aromatic heterocycles. The summed E-state index contributed by atoms with van der Waals surface area (Å²) >= 11 is 5.94. The van der Waals surface area contributed by atoms with E-state index in [0.29, 0.717) is 10.6 Å². The second-order valence-corrected chi connectivity index (χ2v) is 8.03. The number of hydrogen-bond donors (Lipinski definition) is 0. The van der Waals surface area contributed by atoms with Gasteiger partial charge in [0.05, 0.1) is 16.8 Å². The van der Waals surface area contributed by atoms with Gasteiger partial charge in [0.2, 0.25) is 5.82 Å². The maximum atomic E-state index is 13.4. The number of rotatable bonds is 3. The Morgan fingerprint density at radius 2 is 1.73 bits per heavy atom. The first-order chi connectivity index (χ1) is 12.1. The van der Waals surface area contributed by atoms with Gasteiger partial charge in [0, 0.05) is 22.5 Å². The maximum Gasteiger partial charge on any atom is 0.450 e. The fourth-order valence-corrected chi connectivity index (χ4v) is 3.33. The molecule has 3 aromatic rings. The van der Waals surface area contributed by atoms with Crippen LogP contribution in [-0.4, -0.2) is 24.2 Å². The molecular weight excluding hydrogens is 389 g/mol. The van der Waals surface area contributed by atoms with Crippen molar-refractivity contribution >= 4 is 21.4 Å². The van der Waals surface area contributed by atoms with Gasteiger partial charge in [-0.1, -0.05) is 23.7 Å². The molecule has 4 nitrogen and oxygen atoms in total. The second-order valence-electron chi connectivity index (χ2n) is 5.58. The van der Waals surface area contributed by atoms with Crippen LogP contribution in [0.15, 0.2) is 59.6 Å². The highest BCUT2D eigenvalue weighted by Gasteiger charge is 2.38. The molecule has 2 aromatic carbocycles. The molecule has 0 saturated carbocycles. The Kier molecular flexibility index (Phi) is 4.58. The molecule has 0 aliphatic rings. The molecule has 0 fully saturated rings. The first kappa shape index (κ1) is 18.5. The lowest BCUT2D eigenvalue weighted by Crippen LogP contribution is -2.14. The smallest absolute Gasteiger partial charge is 0.289 e. The van der Waals surface area contributed by atoms with Gasteiger partial charge in [0.25, 0.3) is 0 Å². The average Bonchev–Trinajstić information content (AvgIpc) is 2.99. The Morgan fingerprint density at radius 1 is 1.08 bits per heavy atom. The van der Waals surface area contributed by atoms with Crippen molar-refractivity contribution in [2.75, 3.05) is 6.26 Å². The zero-order valence-electron chi connectivity index (χ0n) is 13.3. The van der Waals surface area contributed by atoms with Gasteiger partial charge in [-0.25, -0.2) is 13.4 Å². The number of nitrogens with zero attached hydrogens (tertiary/aromatic N) is 2. The third kappa shape index (κ3) is 3.61. The summed E-state index contributed by atoms with van der Waals surface area (Å²) in [5.74, 6) is -1.11. The number of halogens is 4. The highest BCUT2D eigenvalue weighted by atomic mass is 35.5. The summed E-state index contributed by atoms with van der Waals surface area (Å²) in [5.41, 5.74) is 0.775. The standard InChI is InChI=1S/C17H12ClF3N2O2S/c1-26(24,25)14-7-5-13(6-8-14)23-15(10-22-16(23)17(19,20)21)11-3-2-4-12(18)9-11/h2-10H,1H3. The third-order valence-electron chi connectivity index (χ3n) is 3.66. The van der Waals surface area contributed by atoms with E-state index in [-0.39, 0.29) is 16.3 Å². The minimum atomic E-state index is -4.69. The first-order valence-corrected chi connectivity index (χ1v) is 9.56.